The van der Waals surface area contributed by atoms with Gasteiger partial charge >= 0.3 is 51.4 Å². The van der Waals surface area contributed by atoms with Crippen LogP contribution in [0.2, 0.25) is 0 Å². The summed E-state index contributed by atoms with van der Waals surface area (Å²) in [5, 5.41) is 8.24. The number of aliphatic hydroxyl groups excluding tert-OH is 1. The average molecular weight is 144 g/mol. The van der Waals surface area contributed by atoms with Crippen molar-refractivity contribution >= 4 is 0 Å². The van der Waals surface area contributed by atoms with Crippen LogP contribution >= 0.6 is 0 Å². The normalized spacial score (nSPS) is 7.50. The Balaban J connectivity index is -0.000000125. The van der Waals surface area contributed by atoms with Gasteiger partial charge in [-0.05, 0) is 12.3 Å². The molecule has 0 saturated carbocycles. The number of hydrogen-bond acceptors (Lipinski definition) is 2. The first kappa shape index (κ1) is 16.3. The number of hydrogen-bond donors (Lipinski definition) is 1. The monoisotopic (exact) mass is 144 g/mol. The van der Waals surface area contributed by atoms with E-state index in [1.54, 1.807) is 0 Å². The second-order valence-corrected chi connectivity index (χ2v) is 1.91. The van der Waals surface area contributed by atoms with Gasteiger partial charge < -0.3 is 10.6 Å². The molecule has 0 aromatic rings. The average Bonchev–Trinajstić information content (AvgIpc) is 1.35. The van der Waals surface area contributed by atoms with Crippen LogP contribution in [0, 0.1) is 5.92 Å². The molecule has 3 heteroatoms. The van der Waals surface area contributed by atoms with Crippen molar-refractivity contribution in [1.82, 2.24) is 0 Å². The molecule has 0 atom stereocenters. The van der Waals surface area contributed by atoms with Crippen molar-refractivity contribution in [2.24, 2.45) is 5.92 Å². The van der Waals surface area contributed by atoms with Crippen LogP contribution in [0.5, 0.6) is 0 Å². The SMILES string of the molecule is CC(C)CCO.[K+].[OH-]. The first-order valence-corrected chi connectivity index (χ1v) is 2.38. The standard InChI is InChI=1S/C5H12O.K.H2O/c1-5(2)3-4-6;;/h5-6H,3-4H2,1-2H3;;1H2/q;+1;/p-1. The first-order valence-electron chi connectivity index (χ1n) is 2.38. The molecule has 0 fully saturated rings. The fourth-order valence-electron chi connectivity index (χ4n) is 0.258. The van der Waals surface area contributed by atoms with Gasteiger partial charge in [0, 0.05) is 6.61 Å². The summed E-state index contributed by atoms with van der Waals surface area (Å²) >= 11 is 0. The topological polar surface area (TPSA) is 50.2 Å². The molecule has 46 valence electrons. The minimum absolute atomic E-state index is 0. The largest absolute Gasteiger partial charge is 1.00 e. The smallest absolute Gasteiger partial charge is 0.870 e. The zero-order valence-corrected chi connectivity index (χ0v) is 9.01. The van der Waals surface area contributed by atoms with Crippen molar-refractivity contribution in [3.05, 3.63) is 0 Å². The molecular weight excluding hydrogens is 131 g/mol. The van der Waals surface area contributed by atoms with Crippen LogP contribution in [0.4, 0.5) is 0 Å². The minimum Gasteiger partial charge on any atom is -0.870 e. The van der Waals surface area contributed by atoms with Crippen LogP contribution < -0.4 is 51.4 Å². The van der Waals surface area contributed by atoms with Gasteiger partial charge in [-0.15, -0.1) is 0 Å². The zero-order chi connectivity index (χ0) is 4.99. The van der Waals surface area contributed by atoms with Crippen LogP contribution in [-0.2, 0) is 0 Å². The van der Waals surface area contributed by atoms with Gasteiger partial charge in [0.15, 0.2) is 0 Å². The quantitative estimate of drug-likeness (QED) is 0.449. The predicted octanol–water partition coefficient (Wildman–Crippen LogP) is -2.15. The minimum atomic E-state index is 0. The van der Waals surface area contributed by atoms with E-state index < -0.39 is 0 Å². The van der Waals surface area contributed by atoms with Gasteiger partial charge in [-0.2, -0.15) is 0 Å². The van der Waals surface area contributed by atoms with E-state index in [9.17, 15) is 0 Å². The third-order valence-electron chi connectivity index (χ3n) is 0.706. The maximum atomic E-state index is 8.24. The molecule has 0 bridgehead atoms. The summed E-state index contributed by atoms with van der Waals surface area (Å²) in [6.07, 6.45) is 0.931. The Kier molecular flexibility index (Phi) is 23.1. The Morgan fingerprint density at radius 1 is 1.38 bits per heavy atom. The Morgan fingerprint density at radius 2 is 1.75 bits per heavy atom. The molecule has 8 heavy (non-hydrogen) atoms. The van der Waals surface area contributed by atoms with Gasteiger partial charge in [-0.1, -0.05) is 13.8 Å². The van der Waals surface area contributed by atoms with Gasteiger partial charge in [0.2, 0.25) is 0 Å². The van der Waals surface area contributed by atoms with Crippen LogP contribution in [0.15, 0.2) is 0 Å². The third-order valence-corrected chi connectivity index (χ3v) is 0.706. The van der Waals surface area contributed by atoms with E-state index in [4.69, 9.17) is 5.11 Å². The van der Waals surface area contributed by atoms with E-state index in [2.05, 4.69) is 13.8 Å². The summed E-state index contributed by atoms with van der Waals surface area (Å²) in [6.45, 7) is 4.52. The summed E-state index contributed by atoms with van der Waals surface area (Å²) in [5.41, 5.74) is 0. The molecule has 0 rings (SSSR count). The Labute approximate surface area is 93.4 Å². The van der Waals surface area contributed by atoms with Gasteiger partial charge in [0.25, 0.3) is 0 Å². The second kappa shape index (κ2) is 11.4. The number of aliphatic hydroxyl groups is 1. The van der Waals surface area contributed by atoms with Crippen LogP contribution in [-0.4, -0.2) is 17.2 Å². The van der Waals surface area contributed by atoms with Gasteiger partial charge in [-0.25, -0.2) is 0 Å². The van der Waals surface area contributed by atoms with Crippen molar-refractivity contribution < 1.29 is 62.0 Å². The van der Waals surface area contributed by atoms with Crippen molar-refractivity contribution in [2.45, 2.75) is 20.3 Å². The maximum absolute atomic E-state index is 8.24. The summed E-state index contributed by atoms with van der Waals surface area (Å²) in [5.74, 6) is 0.648. The van der Waals surface area contributed by atoms with E-state index in [0.29, 0.717) is 12.5 Å². The van der Waals surface area contributed by atoms with Crippen LogP contribution in [0.25, 0.3) is 0 Å². The Hall–Kier alpha value is 1.56. The van der Waals surface area contributed by atoms with Crippen molar-refractivity contribution in [3.8, 4) is 0 Å². The molecule has 0 aliphatic carbocycles. The Bertz CT molecular complexity index is 31.6. The molecule has 0 unspecified atom stereocenters. The molecule has 2 nitrogen and oxygen atoms in total. The second-order valence-electron chi connectivity index (χ2n) is 1.91. The maximum Gasteiger partial charge on any atom is 1.00 e. The fourth-order valence-corrected chi connectivity index (χ4v) is 0.258. The predicted molar refractivity (Wildman–Crippen MR) is 28.5 cm³/mol. The van der Waals surface area contributed by atoms with Crippen molar-refractivity contribution in [1.29, 1.82) is 0 Å². The summed E-state index contributed by atoms with van der Waals surface area (Å²) in [4.78, 5) is 0. The molecule has 0 aliphatic rings. The van der Waals surface area contributed by atoms with E-state index in [0.717, 1.165) is 6.42 Å². The molecule has 0 saturated heterocycles. The van der Waals surface area contributed by atoms with Crippen molar-refractivity contribution in [2.75, 3.05) is 6.61 Å². The van der Waals surface area contributed by atoms with E-state index in [1.165, 1.54) is 0 Å². The van der Waals surface area contributed by atoms with E-state index in [-0.39, 0.29) is 56.9 Å². The Morgan fingerprint density at radius 3 is 1.75 bits per heavy atom. The molecule has 0 amide bonds. The molecular formula is C5H13KO2. The van der Waals surface area contributed by atoms with E-state index in [1.807, 2.05) is 0 Å². The summed E-state index contributed by atoms with van der Waals surface area (Å²) < 4.78 is 0. The summed E-state index contributed by atoms with van der Waals surface area (Å²) in [7, 11) is 0. The fraction of sp³-hybridized carbons (Fsp3) is 1.00. The molecule has 2 N–H and O–H groups in total. The molecule has 0 aromatic heterocycles. The molecule has 0 radical (unpaired) electrons. The van der Waals surface area contributed by atoms with Gasteiger partial charge in [-0.3, -0.25) is 0 Å². The van der Waals surface area contributed by atoms with Gasteiger partial charge in [0.1, 0.15) is 0 Å². The molecule has 0 spiro atoms. The molecule has 0 heterocycles. The number of rotatable bonds is 2. The third kappa shape index (κ3) is 15.6. The van der Waals surface area contributed by atoms with Crippen LogP contribution in [0.1, 0.15) is 20.3 Å². The summed E-state index contributed by atoms with van der Waals surface area (Å²) in [6, 6.07) is 0. The first-order chi connectivity index (χ1) is 2.77. The molecule has 0 aliphatic heterocycles. The zero-order valence-electron chi connectivity index (χ0n) is 5.89. The van der Waals surface area contributed by atoms with Crippen LogP contribution in [0.3, 0.4) is 0 Å². The van der Waals surface area contributed by atoms with Gasteiger partial charge in [0.05, 0.1) is 0 Å². The van der Waals surface area contributed by atoms with Crippen molar-refractivity contribution in [3.63, 3.8) is 0 Å². The molecule has 0 aromatic carbocycles. The van der Waals surface area contributed by atoms with E-state index >= 15 is 0 Å².